The van der Waals surface area contributed by atoms with Gasteiger partial charge in [0.1, 0.15) is 0 Å². The highest BCUT2D eigenvalue weighted by Crippen LogP contribution is 2.27. The third-order valence-electron chi connectivity index (χ3n) is 3.36. The molecule has 2 aromatic rings. The molecular formula is C16H12F3N3O5. The molecule has 0 aromatic heterocycles. The summed E-state index contributed by atoms with van der Waals surface area (Å²) >= 11 is 0. The fourth-order valence-electron chi connectivity index (χ4n) is 2.05. The Balaban J connectivity index is 2.03. The summed E-state index contributed by atoms with van der Waals surface area (Å²) in [6.45, 7) is -0.642. The van der Waals surface area contributed by atoms with Gasteiger partial charge >= 0.3 is 5.69 Å². The normalized spacial score (nSPS) is 10.2. The van der Waals surface area contributed by atoms with Gasteiger partial charge in [-0.05, 0) is 24.3 Å². The van der Waals surface area contributed by atoms with Crippen molar-refractivity contribution in [2.24, 2.45) is 0 Å². The maximum Gasteiger partial charge on any atom is 0.311 e. The van der Waals surface area contributed by atoms with Gasteiger partial charge in [-0.15, -0.1) is 0 Å². The Bertz CT molecular complexity index is 920. The fraction of sp³-hybridized carbons (Fsp3) is 0.125. The van der Waals surface area contributed by atoms with E-state index in [0.29, 0.717) is 6.07 Å². The number of carbonyl (C=O) groups is 2. The second-order valence-electron chi connectivity index (χ2n) is 5.10. The number of nitro groups is 1. The Morgan fingerprint density at radius 1 is 1.15 bits per heavy atom. The number of ether oxygens (including phenoxy) is 1. The minimum Gasteiger partial charge on any atom is -0.490 e. The Morgan fingerprint density at radius 2 is 1.85 bits per heavy atom. The zero-order valence-corrected chi connectivity index (χ0v) is 13.7. The molecule has 0 radical (unpaired) electrons. The van der Waals surface area contributed by atoms with E-state index >= 15 is 0 Å². The highest BCUT2D eigenvalue weighted by molar-refractivity contribution is 5.99. The van der Waals surface area contributed by atoms with Crippen LogP contribution >= 0.6 is 0 Å². The van der Waals surface area contributed by atoms with Gasteiger partial charge in [0.15, 0.2) is 23.2 Å². The first-order chi connectivity index (χ1) is 12.7. The van der Waals surface area contributed by atoms with Crippen LogP contribution in [-0.2, 0) is 4.79 Å². The number of methoxy groups -OCH3 is 1. The monoisotopic (exact) mass is 383 g/mol. The molecule has 142 valence electrons. The molecule has 11 heteroatoms. The van der Waals surface area contributed by atoms with Crippen LogP contribution < -0.4 is 15.4 Å². The first-order valence-electron chi connectivity index (χ1n) is 7.28. The molecule has 0 unspecified atom stereocenters. The summed E-state index contributed by atoms with van der Waals surface area (Å²) in [5.74, 6) is -6.54. The average Bonchev–Trinajstić information content (AvgIpc) is 2.65. The number of amides is 2. The minimum absolute atomic E-state index is 0.0527. The van der Waals surface area contributed by atoms with Crippen LogP contribution in [0.4, 0.5) is 24.5 Å². The molecule has 0 aliphatic rings. The quantitative estimate of drug-likeness (QED) is 0.452. The topological polar surface area (TPSA) is 111 Å². The van der Waals surface area contributed by atoms with E-state index < -0.39 is 52.1 Å². The van der Waals surface area contributed by atoms with Gasteiger partial charge in [0, 0.05) is 11.6 Å². The van der Waals surface area contributed by atoms with Crippen molar-refractivity contribution in [1.29, 1.82) is 0 Å². The van der Waals surface area contributed by atoms with E-state index in [-0.39, 0.29) is 11.3 Å². The van der Waals surface area contributed by atoms with Gasteiger partial charge in [-0.3, -0.25) is 19.7 Å². The second-order valence-corrected chi connectivity index (χ2v) is 5.10. The molecule has 2 aromatic carbocycles. The van der Waals surface area contributed by atoms with Crippen molar-refractivity contribution in [3.8, 4) is 5.75 Å². The number of halogens is 3. The Hall–Kier alpha value is -3.63. The van der Waals surface area contributed by atoms with Crippen molar-refractivity contribution >= 4 is 23.2 Å². The van der Waals surface area contributed by atoms with Crippen LogP contribution in [0.3, 0.4) is 0 Å². The lowest BCUT2D eigenvalue weighted by atomic mass is 10.1. The lowest BCUT2D eigenvalue weighted by molar-refractivity contribution is -0.385. The molecule has 0 saturated carbocycles. The van der Waals surface area contributed by atoms with Gasteiger partial charge in [0.2, 0.25) is 5.91 Å². The van der Waals surface area contributed by atoms with Crippen molar-refractivity contribution in [2.45, 2.75) is 0 Å². The molecule has 2 N–H and O–H groups in total. The number of carbonyl (C=O) groups excluding carboxylic acids is 2. The molecule has 0 bridgehead atoms. The molecule has 0 atom stereocenters. The third-order valence-corrected chi connectivity index (χ3v) is 3.36. The van der Waals surface area contributed by atoms with E-state index in [4.69, 9.17) is 4.74 Å². The Morgan fingerprint density at radius 3 is 2.48 bits per heavy atom. The number of benzene rings is 2. The van der Waals surface area contributed by atoms with E-state index in [9.17, 15) is 32.9 Å². The largest absolute Gasteiger partial charge is 0.490 e. The van der Waals surface area contributed by atoms with Crippen molar-refractivity contribution in [1.82, 2.24) is 5.32 Å². The summed E-state index contributed by atoms with van der Waals surface area (Å²) in [6, 6.07) is 4.86. The predicted molar refractivity (Wildman–Crippen MR) is 86.9 cm³/mol. The molecule has 0 aliphatic heterocycles. The fourth-order valence-corrected chi connectivity index (χ4v) is 2.05. The molecule has 0 spiro atoms. The van der Waals surface area contributed by atoms with Gasteiger partial charge in [0.25, 0.3) is 5.91 Å². The number of nitrogens with one attached hydrogen (secondary N) is 2. The highest BCUT2D eigenvalue weighted by atomic mass is 19.2. The number of nitrogens with zero attached hydrogens (tertiary/aromatic N) is 1. The van der Waals surface area contributed by atoms with E-state index in [1.807, 2.05) is 5.32 Å². The maximum absolute atomic E-state index is 13.5. The van der Waals surface area contributed by atoms with E-state index in [1.54, 1.807) is 0 Å². The van der Waals surface area contributed by atoms with Crippen LogP contribution in [0.15, 0.2) is 30.3 Å². The molecular weight excluding hydrogens is 371 g/mol. The average molecular weight is 383 g/mol. The Labute approximate surface area is 150 Å². The van der Waals surface area contributed by atoms with Crippen molar-refractivity contribution in [3.05, 3.63) is 63.5 Å². The standard InChI is InChI=1S/C16H12F3N3O5/c1-27-12-5-2-8(6-11(12)22(25)26)16(24)20-7-13(23)21-10-4-3-9(17)14(18)15(10)19/h2-6H,7H2,1H3,(H,20,24)(H,21,23). The van der Waals surface area contributed by atoms with E-state index in [0.717, 1.165) is 12.1 Å². The van der Waals surface area contributed by atoms with Crippen molar-refractivity contribution in [3.63, 3.8) is 0 Å². The highest BCUT2D eigenvalue weighted by Gasteiger charge is 2.19. The molecule has 0 heterocycles. The molecule has 2 amide bonds. The zero-order valence-electron chi connectivity index (χ0n) is 13.7. The minimum atomic E-state index is -1.75. The van der Waals surface area contributed by atoms with Crippen LogP contribution in [0.1, 0.15) is 10.4 Å². The summed E-state index contributed by atoms with van der Waals surface area (Å²) in [4.78, 5) is 33.9. The summed E-state index contributed by atoms with van der Waals surface area (Å²) < 4.78 is 44.2. The van der Waals surface area contributed by atoms with Gasteiger partial charge in [-0.25, -0.2) is 13.2 Å². The molecule has 0 fully saturated rings. The predicted octanol–water partition coefficient (Wildman–Crippen LogP) is 2.39. The summed E-state index contributed by atoms with van der Waals surface area (Å²) in [5.41, 5.74) is -1.17. The number of anilines is 1. The Kier molecular flexibility index (Phi) is 5.96. The molecule has 8 nitrogen and oxygen atoms in total. The number of rotatable bonds is 6. The van der Waals surface area contributed by atoms with Crippen LogP contribution in [-0.4, -0.2) is 30.4 Å². The van der Waals surface area contributed by atoms with Crippen LogP contribution in [0.2, 0.25) is 0 Å². The molecule has 27 heavy (non-hydrogen) atoms. The van der Waals surface area contributed by atoms with E-state index in [1.165, 1.54) is 19.2 Å². The van der Waals surface area contributed by atoms with Crippen LogP contribution in [0.5, 0.6) is 5.75 Å². The maximum atomic E-state index is 13.5. The van der Waals surface area contributed by atoms with Crippen LogP contribution in [0.25, 0.3) is 0 Å². The van der Waals surface area contributed by atoms with Crippen molar-refractivity contribution in [2.75, 3.05) is 19.0 Å². The molecule has 0 aliphatic carbocycles. The summed E-state index contributed by atoms with van der Waals surface area (Å²) in [5, 5.41) is 15.1. The van der Waals surface area contributed by atoms with Crippen LogP contribution in [0, 0.1) is 27.6 Å². The molecule has 2 rings (SSSR count). The number of hydrogen-bond donors (Lipinski definition) is 2. The number of hydrogen-bond acceptors (Lipinski definition) is 5. The van der Waals surface area contributed by atoms with Gasteiger partial charge in [-0.2, -0.15) is 0 Å². The smallest absolute Gasteiger partial charge is 0.311 e. The van der Waals surface area contributed by atoms with E-state index in [2.05, 4.69) is 5.32 Å². The number of nitro benzene ring substituents is 1. The first-order valence-corrected chi connectivity index (χ1v) is 7.28. The SMILES string of the molecule is COc1ccc(C(=O)NCC(=O)Nc2ccc(F)c(F)c2F)cc1[N+](=O)[O-]. The lowest BCUT2D eigenvalue weighted by Crippen LogP contribution is -2.33. The summed E-state index contributed by atoms with van der Waals surface area (Å²) in [7, 11) is 1.23. The lowest BCUT2D eigenvalue weighted by Gasteiger charge is -2.09. The molecule has 0 saturated heterocycles. The zero-order chi connectivity index (χ0) is 20.1. The second kappa shape index (κ2) is 8.17. The van der Waals surface area contributed by atoms with Gasteiger partial charge in [0.05, 0.1) is 24.3 Å². The van der Waals surface area contributed by atoms with Crippen molar-refractivity contribution < 1.29 is 32.4 Å². The van der Waals surface area contributed by atoms with Gasteiger partial charge < -0.3 is 15.4 Å². The van der Waals surface area contributed by atoms with Gasteiger partial charge in [-0.1, -0.05) is 0 Å². The summed E-state index contributed by atoms with van der Waals surface area (Å²) in [6.07, 6.45) is 0. The third kappa shape index (κ3) is 4.51. The first kappa shape index (κ1) is 19.7.